The van der Waals surface area contributed by atoms with Crippen LogP contribution in [-0.2, 0) is 24.7 Å². The molecule has 1 heterocycles. The van der Waals surface area contributed by atoms with E-state index in [-0.39, 0.29) is 40.1 Å². The monoisotopic (exact) mass is 488 g/mol. The average molecular weight is 489 g/mol. The van der Waals surface area contributed by atoms with Crippen LogP contribution in [-0.4, -0.2) is 27.3 Å². The third-order valence-corrected chi connectivity index (χ3v) is 5.36. The van der Waals surface area contributed by atoms with E-state index in [0.29, 0.717) is 12.4 Å². The van der Waals surface area contributed by atoms with Gasteiger partial charge in [0.2, 0.25) is 0 Å². The summed E-state index contributed by atoms with van der Waals surface area (Å²) in [6.45, 7) is -0.349. The summed E-state index contributed by atoms with van der Waals surface area (Å²) >= 11 is 12.1. The number of rotatable bonds is 3. The Morgan fingerprint density at radius 3 is 2.32 bits per heavy atom. The SMILES string of the molecule is O=C(NCc1ncc(C(F)(F)F)cn1)Nc1c(Cl)cc2c(c1Cl)CCC2(O)C(F)(F)F. The Hall–Kier alpha value is -2.31. The quantitative estimate of drug-likeness (QED) is 0.540. The lowest BCUT2D eigenvalue weighted by atomic mass is 9.95. The van der Waals surface area contributed by atoms with E-state index in [0.717, 1.165) is 6.07 Å². The summed E-state index contributed by atoms with van der Waals surface area (Å²) in [4.78, 5) is 19.1. The van der Waals surface area contributed by atoms with E-state index >= 15 is 0 Å². The Bertz CT molecular complexity index is 1010. The summed E-state index contributed by atoms with van der Waals surface area (Å²) in [5.41, 5.74) is -4.84. The van der Waals surface area contributed by atoms with Crippen molar-refractivity contribution in [2.75, 3.05) is 5.32 Å². The lowest BCUT2D eigenvalue weighted by molar-refractivity contribution is -0.265. The van der Waals surface area contributed by atoms with Gasteiger partial charge in [-0.2, -0.15) is 26.3 Å². The van der Waals surface area contributed by atoms with E-state index in [2.05, 4.69) is 20.6 Å². The molecule has 0 aliphatic heterocycles. The summed E-state index contributed by atoms with van der Waals surface area (Å²) < 4.78 is 77.3. The molecule has 1 atom stereocenters. The standard InChI is InChI=1S/C17H12Cl2F6N4O2/c18-10-3-9-8(1-2-15(9,31)17(23,24)25)12(19)13(10)29-14(30)28-6-11-26-4-7(5-27-11)16(20,21)22/h3-5,31H,1-2,6H2,(H2,28,29,30). The summed E-state index contributed by atoms with van der Waals surface area (Å²) in [6.07, 6.45) is -9.29. The van der Waals surface area contributed by atoms with E-state index in [1.807, 2.05) is 0 Å². The third kappa shape index (κ3) is 4.51. The Kier molecular flexibility index (Phi) is 6.02. The van der Waals surface area contributed by atoms with Gasteiger partial charge in [-0.25, -0.2) is 14.8 Å². The number of carbonyl (C=O) groups excluding carboxylic acids is 1. The molecule has 1 aromatic carbocycles. The minimum Gasteiger partial charge on any atom is -0.376 e. The zero-order chi connectivity index (χ0) is 23.2. The first-order valence-electron chi connectivity index (χ1n) is 8.47. The molecule has 168 valence electrons. The van der Waals surface area contributed by atoms with Crippen LogP contribution < -0.4 is 10.6 Å². The number of anilines is 1. The van der Waals surface area contributed by atoms with Crippen LogP contribution in [0, 0.1) is 0 Å². The molecule has 0 fully saturated rings. The summed E-state index contributed by atoms with van der Waals surface area (Å²) in [5, 5.41) is 14.0. The molecule has 0 saturated carbocycles. The van der Waals surface area contributed by atoms with Crippen LogP contribution in [0.3, 0.4) is 0 Å². The van der Waals surface area contributed by atoms with Gasteiger partial charge in [-0.1, -0.05) is 23.2 Å². The highest BCUT2D eigenvalue weighted by Crippen LogP contribution is 2.52. The highest BCUT2D eigenvalue weighted by atomic mass is 35.5. The van der Waals surface area contributed by atoms with E-state index in [9.17, 15) is 36.2 Å². The molecule has 6 nitrogen and oxygen atoms in total. The van der Waals surface area contributed by atoms with Crippen LogP contribution in [0.25, 0.3) is 0 Å². The van der Waals surface area contributed by atoms with Gasteiger partial charge in [0.05, 0.1) is 27.8 Å². The molecule has 3 rings (SSSR count). The number of amides is 2. The zero-order valence-electron chi connectivity index (χ0n) is 15.1. The highest BCUT2D eigenvalue weighted by Gasteiger charge is 2.58. The first kappa shape index (κ1) is 23.4. The molecule has 2 aromatic rings. The van der Waals surface area contributed by atoms with E-state index in [4.69, 9.17) is 23.2 Å². The van der Waals surface area contributed by atoms with Gasteiger partial charge in [0, 0.05) is 12.4 Å². The number of halogens is 8. The number of nitrogens with one attached hydrogen (secondary N) is 2. The number of nitrogens with zero attached hydrogens (tertiary/aromatic N) is 2. The zero-order valence-corrected chi connectivity index (χ0v) is 16.6. The molecule has 0 saturated heterocycles. The van der Waals surface area contributed by atoms with Gasteiger partial charge in [0.1, 0.15) is 5.82 Å². The molecule has 0 spiro atoms. The normalized spacial score (nSPS) is 18.6. The molecule has 2 amide bonds. The number of hydrogen-bond acceptors (Lipinski definition) is 4. The maximum absolute atomic E-state index is 13.3. The average Bonchev–Trinajstić information content (AvgIpc) is 3.01. The van der Waals surface area contributed by atoms with Crippen molar-refractivity contribution in [3.63, 3.8) is 0 Å². The maximum Gasteiger partial charge on any atom is 0.421 e. The number of hydrogen-bond donors (Lipinski definition) is 3. The third-order valence-electron chi connectivity index (χ3n) is 4.65. The fourth-order valence-corrected chi connectivity index (χ4v) is 3.68. The molecular weight excluding hydrogens is 477 g/mol. The van der Waals surface area contributed by atoms with Crippen molar-refractivity contribution >= 4 is 34.9 Å². The Morgan fingerprint density at radius 1 is 1.16 bits per heavy atom. The first-order valence-corrected chi connectivity index (χ1v) is 9.23. The van der Waals surface area contributed by atoms with Gasteiger partial charge in [0.15, 0.2) is 5.60 Å². The van der Waals surface area contributed by atoms with E-state index < -0.39 is 41.5 Å². The van der Waals surface area contributed by atoms with E-state index in [1.54, 1.807) is 0 Å². The van der Waals surface area contributed by atoms with Crippen molar-refractivity contribution in [1.29, 1.82) is 0 Å². The minimum absolute atomic E-state index is 0.00716. The Labute approximate surface area is 180 Å². The number of carbonyl (C=O) groups is 1. The van der Waals surface area contributed by atoms with Crippen molar-refractivity contribution in [3.8, 4) is 0 Å². The van der Waals surface area contributed by atoms with Crippen LogP contribution in [0.5, 0.6) is 0 Å². The van der Waals surface area contributed by atoms with Gasteiger partial charge < -0.3 is 15.7 Å². The second kappa shape index (κ2) is 7.99. The van der Waals surface area contributed by atoms with Crippen LogP contribution in [0.1, 0.15) is 28.9 Å². The maximum atomic E-state index is 13.3. The summed E-state index contributed by atoms with van der Waals surface area (Å²) in [7, 11) is 0. The molecule has 0 radical (unpaired) electrons. The fourth-order valence-electron chi connectivity index (χ4n) is 3.03. The van der Waals surface area contributed by atoms with Crippen molar-refractivity contribution in [3.05, 3.63) is 51.0 Å². The summed E-state index contributed by atoms with van der Waals surface area (Å²) in [5.74, 6) is -0.121. The van der Waals surface area contributed by atoms with Gasteiger partial charge in [-0.15, -0.1) is 0 Å². The number of urea groups is 1. The molecule has 1 aliphatic carbocycles. The fraction of sp³-hybridized carbons (Fsp3) is 0.353. The predicted octanol–water partition coefficient (Wildman–Crippen LogP) is 4.82. The topological polar surface area (TPSA) is 87.1 Å². The minimum atomic E-state index is -4.95. The van der Waals surface area contributed by atoms with E-state index in [1.165, 1.54) is 0 Å². The van der Waals surface area contributed by atoms with Crippen molar-refractivity contribution < 1.29 is 36.2 Å². The van der Waals surface area contributed by atoms with Crippen molar-refractivity contribution in [1.82, 2.24) is 15.3 Å². The molecular formula is C17H12Cl2F6N4O2. The lowest BCUT2D eigenvalue weighted by Crippen LogP contribution is -2.40. The summed E-state index contributed by atoms with van der Waals surface area (Å²) in [6, 6.07) is -0.0194. The number of aliphatic hydroxyl groups is 1. The molecule has 14 heteroatoms. The molecule has 3 N–H and O–H groups in total. The van der Waals surface area contributed by atoms with Gasteiger partial charge in [-0.05, 0) is 30.0 Å². The number of alkyl halides is 6. The molecule has 1 unspecified atom stereocenters. The van der Waals surface area contributed by atoms with Gasteiger partial charge in [-0.3, -0.25) is 0 Å². The smallest absolute Gasteiger partial charge is 0.376 e. The number of aromatic nitrogens is 2. The van der Waals surface area contributed by atoms with Crippen molar-refractivity contribution in [2.24, 2.45) is 0 Å². The van der Waals surface area contributed by atoms with Gasteiger partial charge >= 0.3 is 18.4 Å². The lowest BCUT2D eigenvalue weighted by Gasteiger charge is -2.27. The number of fused-ring (bicyclic) bond motifs is 1. The molecule has 31 heavy (non-hydrogen) atoms. The molecule has 0 bridgehead atoms. The van der Waals surface area contributed by atoms with Crippen LogP contribution in [0.2, 0.25) is 10.0 Å². The van der Waals surface area contributed by atoms with Crippen molar-refractivity contribution in [2.45, 2.75) is 37.3 Å². The van der Waals surface area contributed by atoms with Crippen LogP contribution in [0.15, 0.2) is 18.5 Å². The largest absolute Gasteiger partial charge is 0.421 e. The highest BCUT2D eigenvalue weighted by molar-refractivity contribution is 6.40. The van der Waals surface area contributed by atoms with Crippen LogP contribution in [0.4, 0.5) is 36.8 Å². The second-order valence-corrected chi connectivity index (χ2v) is 7.41. The van der Waals surface area contributed by atoms with Crippen LogP contribution >= 0.6 is 23.2 Å². The Morgan fingerprint density at radius 2 is 1.77 bits per heavy atom. The van der Waals surface area contributed by atoms with Gasteiger partial charge in [0.25, 0.3) is 0 Å². The number of benzene rings is 1. The first-order chi connectivity index (χ1) is 14.2. The molecule has 1 aromatic heterocycles. The second-order valence-electron chi connectivity index (χ2n) is 6.62. The Balaban J connectivity index is 1.73. The predicted molar refractivity (Wildman–Crippen MR) is 97.6 cm³/mol. The molecule has 1 aliphatic rings.